The monoisotopic (exact) mass is 160 g/mol. The van der Waals surface area contributed by atoms with Crippen molar-refractivity contribution in [3.63, 3.8) is 0 Å². The lowest BCUT2D eigenvalue weighted by Gasteiger charge is -1.72. The van der Waals surface area contributed by atoms with Gasteiger partial charge in [-0.2, -0.15) is 0 Å². The van der Waals surface area contributed by atoms with Crippen molar-refractivity contribution in [2.45, 2.75) is 26.2 Å². The van der Waals surface area contributed by atoms with E-state index in [1.54, 1.807) is 0 Å². The second kappa shape index (κ2) is 9.01. The van der Waals surface area contributed by atoms with Gasteiger partial charge in [-0.15, -0.1) is 13.2 Å². The van der Waals surface area contributed by atoms with Gasteiger partial charge in [-0.05, 0) is 5.92 Å². The maximum Gasteiger partial charge on any atom is 0.503 e. The molecule has 1 aliphatic rings. The van der Waals surface area contributed by atoms with Crippen molar-refractivity contribution in [2.24, 2.45) is 5.92 Å². The van der Waals surface area contributed by atoms with E-state index in [0.717, 1.165) is 5.92 Å². The van der Waals surface area contributed by atoms with Gasteiger partial charge >= 0.3 is 6.16 Å². The molecule has 2 N–H and O–H groups in total. The van der Waals surface area contributed by atoms with E-state index < -0.39 is 6.16 Å². The van der Waals surface area contributed by atoms with Crippen LogP contribution >= 0.6 is 0 Å². The van der Waals surface area contributed by atoms with Crippen LogP contribution in [0.4, 0.5) is 4.79 Å². The molecule has 0 aromatic carbocycles. The molecule has 3 heteroatoms. The van der Waals surface area contributed by atoms with E-state index in [9.17, 15) is 0 Å². The van der Waals surface area contributed by atoms with E-state index in [-0.39, 0.29) is 0 Å². The molecule has 0 aromatic rings. The molecule has 0 spiro atoms. The molecule has 0 aliphatic heterocycles. The first-order chi connectivity index (χ1) is 5.16. The van der Waals surface area contributed by atoms with E-state index in [4.69, 9.17) is 15.0 Å². The Morgan fingerprint density at radius 3 is 1.73 bits per heavy atom. The lowest BCUT2D eigenvalue weighted by atomic mass is 10.3. The summed E-state index contributed by atoms with van der Waals surface area (Å²) in [5.74, 6) is 1.13. The van der Waals surface area contributed by atoms with Gasteiger partial charge in [-0.1, -0.05) is 26.2 Å². The Kier molecular flexibility index (Phi) is 10.4. The molecule has 66 valence electrons. The van der Waals surface area contributed by atoms with E-state index in [0.29, 0.717) is 0 Å². The molecule has 1 saturated carbocycles. The van der Waals surface area contributed by atoms with Crippen molar-refractivity contribution in [3.8, 4) is 0 Å². The van der Waals surface area contributed by atoms with Crippen LogP contribution in [0.15, 0.2) is 13.2 Å². The van der Waals surface area contributed by atoms with Crippen LogP contribution in [0.25, 0.3) is 0 Å². The van der Waals surface area contributed by atoms with Crippen LogP contribution in [0.5, 0.6) is 0 Å². The smallest absolute Gasteiger partial charge is 0.450 e. The number of hydrogen-bond donors (Lipinski definition) is 2. The lowest BCUT2D eigenvalue weighted by Crippen LogP contribution is -1.81. The van der Waals surface area contributed by atoms with Crippen LogP contribution in [-0.4, -0.2) is 16.4 Å². The van der Waals surface area contributed by atoms with Crippen LogP contribution in [0.3, 0.4) is 0 Å². The highest BCUT2D eigenvalue weighted by atomic mass is 16.6. The van der Waals surface area contributed by atoms with Crippen molar-refractivity contribution in [1.82, 2.24) is 0 Å². The zero-order chi connectivity index (χ0) is 9.28. The van der Waals surface area contributed by atoms with Crippen molar-refractivity contribution in [3.05, 3.63) is 13.2 Å². The minimum absolute atomic E-state index is 1.13. The first-order valence-corrected chi connectivity index (χ1v) is 3.58. The third kappa shape index (κ3) is 27.5. The second-order valence-electron chi connectivity index (χ2n) is 2.13. The summed E-state index contributed by atoms with van der Waals surface area (Å²) in [6, 6.07) is 0. The van der Waals surface area contributed by atoms with Gasteiger partial charge in [0.2, 0.25) is 0 Å². The summed E-state index contributed by atoms with van der Waals surface area (Å²) in [5.41, 5.74) is 0. The molecule has 11 heavy (non-hydrogen) atoms. The Bertz CT molecular complexity index is 93.5. The molecule has 0 aromatic heterocycles. The molecule has 0 bridgehead atoms. The Morgan fingerprint density at radius 2 is 1.73 bits per heavy atom. The predicted octanol–water partition coefficient (Wildman–Crippen LogP) is 2.83. The van der Waals surface area contributed by atoms with Crippen LogP contribution < -0.4 is 0 Å². The SMILES string of the molecule is C=C.CCC1CC1.O=C(O)O. The molecule has 1 fully saturated rings. The van der Waals surface area contributed by atoms with Gasteiger partial charge in [-0.25, -0.2) is 4.79 Å². The number of hydrogen-bond acceptors (Lipinski definition) is 1. The third-order valence-corrected chi connectivity index (χ3v) is 1.27. The van der Waals surface area contributed by atoms with Crippen LogP contribution in [-0.2, 0) is 0 Å². The highest BCUT2D eigenvalue weighted by Crippen LogP contribution is 2.31. The number of carboxylic acid groups (broad SMARTS) is 2. The van der Waals surface area contributed by atoms with Gasteiger partial charge in [-0.3, -0.25) is 0 Å². The van der Waals surface area contributed by atoms with Gasteiger partial charge in [0.05, 0.1) is 0 Å². The first kappa shape index (κ1) is 12.7. The summed E-state index contributed by atoms with van der Waals surface area (Å²) in [6.45, 7) is 8.26. The standard InChI is InChI=1S/C5H10.C2H4.CH2O3/c1-2-5-3-4-5;1-2;2-1(3)4/h5H,2-4H2,1H3;1-2H2;(H2,2,3,4). The topological polar surface area (TPSA) is 57.5 Å². The molecule has 0 heterocycles. The fourth-order valence-electron chi connectivity index (χ4n) is 0.526. The quantitative estimate of drug-likeness (QED) is 0.580. The van der Waals surface area contributed by atoms with Crippen molar-refractivity contribution < 1.29 is 15.0 Å². The fourth-order valence-corrected chi connectivity index (χ4v) is 0.526. The van der Waals surface area contributed by atoms with Gasteiger partial charge in [0, 0.05) is 0 Å². The summed E-state index contributed by atoms with van der Waals surface area (Å²) in [5, 5.41) is 13.9. The zero-order valence-electron chi connectivity index (χ0n) is 6.92. The molecule has 0 saturated heterocycles. The molecule has 1 aliphatic carbocycles. The van der Waals surface area contributed by atoms with Crippen LogP contribution in [0, 0.1) is 5.92 Å². The number of rotatable bonds is 1. The maximum absolute atomic E-state index is 8.56. The van der Waals surface area contributed by atoms with Gasteiger partial charge in [0.25, 0.3) is 0 Å². The molecule has 0 atom stereocenters. The van der Waals surface area contributed by atoms with E-state index in [1.807, 2.05) is 0 Å². The Hall–Kier alpha value is -0.990. The minimum Gasteiger partial charge on any atom is -0.450 e. The van der Waals surface area contributed by atoms with Crippen LogP contribution in [0.2, 0.25) is 0 Å². The molecular weight excluding hydrogens is 144 g/mol. The molecule has 1 rings (SSSR count). The molecule has 0 radical (unpaired) electrons. The third-order valence-electron chi connectivity index (χ3n) is 1.27. The highest BCUT2D eigenvalue weighted by molar-refractivity contribution is 5.53. The Balaban J connectivity index is 0. The van der Waals surface area contributed by atoms with E-state index >= 15 is 0 Å². The van der Waals surface area contributed by atoms with E-state index in [2.05, 4.69) is 20.1 Å². The van der Waals surface area contributed by atoms with Crippen molar-refractivity contribution >= 4 is 6.16 Å². The zero-order valence-corrected chi connectivity index (χ0v) is 6.92. The Morgan fingerprint density at radius 1 is 1.45 bits per heavy atom. The second-order valence-corrected chi connectivity index (χ2v) is 2.13. The van der Waals surface area contributed by atoms with Crippen LogP contribution in [0.1, 0.15) is 26.2 Å². The largest absolute Gasteiger partial charge is 0.503 e. The molecule has 0 unspecified atom stereocenters. The highest BCUT2D eigenvalue weighted by Gasteiger charge is 2.17. The summed E-state index contributed by atoms with van der Waals surface area (Å²) in [6.07, 6.45) is 2.60. The van der Waals surface area contributed by atoms with Gasteiger partial charge in [0.15, 0.2) is 0 Å². The fraction of sp³-hybridized carbons (Fsp3) is 0.625. The van der Waals surface area contributed by atoms with Gasteiger partial charge in [0.1, 0.15) is 0 Å². The Labute approximate surface area is 67.4 Å². The summed E-state index contributed by atoms with van der Waals surface area (Å²) >= 11 is 0. The maximum atomic E-state index is 8.56. The normalized spacial score (nSPS) is 13.2. The van der Waals surface area contributed by atoms with Gasteiger partial charge < -0.3 is 10.2 Å². The lowest BCUT2D eigenvalue weighted by molar-refractivity contribution is 0.137. The molecule has 0 amide bonds. The summed E-state index contributed by atoms with van der Waals surface area (Å²) < 4.78 is 0. The van der Waals surface area contributed by atoms with E-state index in [1.165, 1.54) is 19.3 Å². The summed E-state index contributed by atoms with van der Waals surface area (Å²) in [7, 11) is 0. The number of carbonyl (C=O) groups is 1. The molecular formula is C8H16O3. The average Bonchev–Trinajstić information content (AvgIpc) is 2.72. The van der Waals surface area contributed by atoms with Crippen molar-refractivity contribution in [2.75, 3.05) is 0 Å². The molecule has 3 nitrogen and oxygen atoms in total. The summed E-state index contributed by atoms with van der Waals surface area (Å²) in [4.78, 5) is 8.56. The average molecular weight is 160 g/mol. The first-order valence-electron chi connectivity index (χ1n) is 3.58. The minimum atomic E-state index is -1.83. The van der Waals surface area contributed by atoms with Crippen molar-refractivity contribution in [1.29, 1.82) is 0 Å². The predicted molar refractivity (Wildman–Crippen MR) is 44.9 cm³/mol.